The summed E-state index contributed by atoms with van der Waals surface area (Å²) in [6, 6.07) is 4.86. The molecule has 0 aliphatic heterocycles. The minimum absolute atomic E-state index is 0.0652. The first-order valence-corrected chi connectivity index (χ1v) is 5.72. The van der Waals surface area contributed by atoms with Crippen molar-refractivity contribution in [3.8, 4) is 6.07 Å². The van der Waals surface area contributed by atoms with E-state index in [1.54, 1.807) is 6.07 Å². The highest BCUT2D eigenvalue weighted by atomic mass is 19.4. The maximum Gasteiger partial charge on any atom is 0.418 e. The molecule has 0 heterocycles. The lowest BCUT2D eigenvalue weighted by Crippen LogP contribution is -2.30. The third-order valence-electron chi connectivity index (χ3n) is 2.81. The van der Waals surface area contributed by atoms with Crippen LogP contribution < -0.4 is 4.90 Å². The van der Waals surface area contributed by atoms with Crippen LogP contribution in [0.2, 0.25) is 0 Å². The summed E-state index contributed by atoms with van der Waals surface area (Å²) in [6.45, 7) is 1.35. The molecule has 0 bridgehead atoms. The number of anilines is 1. The average Bonchev–Trinajstić information content (AvgIpc) is 2.36. The number of carboxylic acids is 1. The minimum Gasteiger partial charge on any atom is -0.481 e. The molecule has 0 aromatic heterocycles. The molecule has 0 amide bonds. The zero-order valence-corrected chi connectivity index (χ0v) is 10.9. The van der Waals surface area contributed by atoms with Crippen LogP contribution in [0.1, 0.15) is 18.1 Å². The van der Waals surface area contributed by atoms with E-state index >= 15 is 0 Å². The van der Waals surface area contributed by atoms with Crippen LogP contribution in [0, 0.1) is 17.2 Å². The second-order valence-corrected chi connectivity index (χ2v) is 4.46. The summed E-state index contributed by atoms with van der Waals surface area (Å²) in [4.78, 5) is 12.0. The topological polar surface area (TPSA) is 64.3 Å². The van der Waals surface area contributed by atoms with Crippen molar-refractivity contribution in [3.63, 3.8) is 0 Å². The van der Waals surface area contributed by atoms with E-state index in [0.29, 0.717) is 0 Å². The summed E-state index contributed by atoms with van der Waals surface area (Å²) in [7, 11) is 1.38. The molecule has 7 heteroatoms. The number of carboxylic acid groups (broad SMARTS) is 1. The van der Waals surface area contributed by atoms with Gasteiger partial charge in [0.15, 0.2) is 0 Å². The molecule has 1 atom stereocenters. The van der Waals surface area contributed by atoms with Crippen molar-refractivity contribution >= 4 is 11.7 Å². The number of benzene rings is 1. The third kappa shape index (κ3) is 3.63. The first-order chi connectivity index (χ1) is 9.16. The number of alkyl halides is 3. The van der Waals surface area contributed by atoms with Crippen molar-refractivity contribution < 1.29 is 23.1 Å². The summed E-state index contributed by atoms with van der Waals surface area (Å²) in [5.74, 6) is -1.89. The number of halogens is 3. The quantitative estimate of drug-likeness (QED) is 0.924. The molecule has 20 heavy (non-hydrogen) atoms. The van der Waals surface area contributed by atoms with Crippen molar-refractivity contribution in [1.29, 1.82) is 5.26 Å². The standard InChI is InChI=1S/C13H13F3N2O2/c1-8(12(19)20)7-18(2)11-4-3-9(6-17)5-10(11)13(14,15)16/h3-5,8H,7H2,1-2H3,(H,19,20). The average molecular weight is 286 g/mol. The van der Waals surface area contributed by atoms with Gasteiger partial charge in [-0.2, -0.15) is 18.4 Å². The van der Waals surface area contributed by atoms with Gasteiger partial charge in [0.25, 0.3) is 0 Å². The Kier molecular flexibility index (Phi) is 4.61. The molecule has 1 aromatic rings. The Labute approximate surface area is 114 Å². The van der Waals surface area contributed by atoms with Crippen LogP contribution in [-0.2, 0) is 11.0 Å². The smallest absolute Gasteiger partial charge is 0.418 e. The molecule has 1 rings (SSSR count). The molecule has 0 saturated carbocycles. The molecule has 108 valence electrons. The molecule has 0 saturated heterocycles. The largest absolute Gasteiger partial charge is 0.481 e. The van der Waals surface area contributed by atoms with E-state index in [1.807, 2.05) is 0 Å². The number of carbonyl (C=O) groups is 1. The third-order valence-corrected chi connectivity index (χ3v) is 2.81. The fraction of sp³-hybridized carbons (Fsp3) is 0.385. The van der Waals surface area contributed by atoms with E-state index in [-0.39, 0.29) is 17.8 Å². The van der Waals surface area contributed by atoms with Gasteiger partial charge in [-0.1, -0.05) is 6.92 Å². The summed E-state index contributed by atoms with van der Waals surface area (Å²) in [5.41, 5.74) is -1.19. The SMILES string of the molecule is CC(CN(C)c1ccc(C#N)cc1C(F)(F)F)C(=O)O. The number of nitriles is 1. The Bertz CT molecular complexity index is 550. The van der Waals surface area contributed by atoms with Crippen LogP contribution >= 0.6 is 0 Å². The molecule has 0 aliphatic rings. The predicted molar refractivity (Wildman–Crippen MR) is 66.2 cm³/mol. The Hall–Kier alpha value is -2.23. The van der Waals surface area contributed by atoms with Gasteiger partial charge in [-0.15, -0.1) is 0 Å². The van der Waals surface area contributed by atoms with E-state index in [2.05, 4.69) is 0 Å². The first kappa shape index (κ1) is 15.8. The van der Waals surface area contributed by atoms with Gasteiger partial charge in [0, 0.05) is 19.3 Å². The van der Waals surface area contributed by atoms with Crippen LogP contribution in [0.4, 0.5) is 18.9 Å². The maximum absolute atomic E-state index is 13.0. The number of hydrogen-bond acceptors (Lipinski definition) is 3. The summed E-state index contributed by atoms with van der Waals surface area (Å²) < 4.78 is 38.9. The van der Waals surface area contributed by atoms with E-state index < -0.39 is 23.6 Å². The van der Waals surface area contributed by atoms with Crippen molar-refractivity contribution in [3.05, 3.63) is 29.3 Å². The van der Waals surface area contributed by atoms with Crippen LogP contribution in [0.25, 0.3) is 0 Å². The normalized spacial score (nSPS) is 12.6. The number of rotatable bonds is 4. The van der Waals surface area contributed by atoms with Crippen LogP contribution in [0.15, 0.2) is 18.2 Å². The number of aliphatic carboxylic acids is 1. The monoisotopic (exact) mass is 286 g/mol. The number of nitrogens with zero attached hydrogens (tertiary/aromatic N) is 2. The first-order valence-electron chi connectivity index (χ1n) is 5.72. The zero-order chi connectivity index (χ0) is 15.5. The molecule has 0 fully saturated rings. The molecule has 1 aromatic carbocycles. The molecule has 0 spiro atoms. The molecule has 0 radical (unpaired) electrons. The molecular formula is C13H13F3N2O2. The van der Waals surface area contributed by atoms with Gasteiger partial charge in [-0.3, -0.25) is 4.79 Å². The fourth-order valence-electron chi connectivity index (χ4n) is 1.75. The van der Waals surface area contributed by atoms with Crippen molar-refractivity contribution in [2.75, 3.05) is 18.5 Å². The van der Waals surface area contributed by atoms with E-state index in [4.69, 9.17) is 10.4 Å². The van der Waals surface area contributed by atoms with E-state index in [9.17, 15) is 18.0 Å². The Morgan fingerprint density at radius 2 is 2.10 bits per heavy atom. The molecular weight excluding hydrogens is 273 g/mol. The second-order valence-electron chi connectivity index (χ2n) is 4.46. The Balaban J connectivity index is 3.17. The highest BCUT2D eigenvalue weighted by Gasteiger charge is 2.35. The highest BCUT2D eigenvalue weighted by molar-refractivity contribution is 5.70. The molecule has 1 unspecified atom stereocenters. The second kappa shape index (κ2) is 5.82. The van der Waals surface area contributed by atoms with Gasteiger partial charge in [-0.05, 0) is 18.2 Å². The summed E-state index contributed by atoms with van der Waals surface area (Å²) >= 11 is 0. The molecule has 0 aliphatic carbocycles. The summed E-state index contributed by atoms with van der Waals surface area (Å²) in [6.07, 6.45) is -4.61. The van der Waals surface area contributed by atoms with Crippen molar-refractivity contribution in [2.24, 2.45) is 5.92 Å². The minimum atomic E-state index is -4.61. The predicted octanol–water partition coefficient (Wildman–Crippen LogP) is 2.73. The van der Waals surface area contributed by atoms with Crippen LogP contribution in [0.5, 0.6) is 0 Å². The van der Waals surface area contributed by atoms with Gasteiger partial charge >= 0.3 is 12.1 Å². The van der Waals surface area contributed by atoms with Crippen molar-refractivity contribution in [1.82, 2.24) is 0 Å². The fourth-order valence-corrected chi connectivity index (χ4v) is 1.75. The Morgan fingerprint density at radius 1 is 1.50 bits per heavy atom. The van der Waals surface area contributed by atoms with Gasteiger partial charge < -0.3 is 10.0 Å². The van der Waals surface area contributed by atoms with E-state index in [1.165, 1.54) is 31.0 Å². The lowest BCUT2D eigenvalue weighted by Gasteiger charge is -2.25. The zero-order valence-electron chi connectivity index (χ0n) is 10.9. The lowest BCUT2D eigenvalue weighted by molar-refractivity contribution is -0.140. The van der Waals surface area contributed by atoms with E-state index in [0.717, 1.165) is 6.07 Å². The van der Waals surface area contributed by atoms with Gasteiger partial charge in [0.1, 0.15) is 0 Å². The summed E-state index contributed by atoms with van der Waals surface area (Å²) in [5, 5.41) is 17.5. The number of hydrogen-bond donors (Lipinski definition) is 1. The van der Waals surface area contributed by atoms with Gasteiger partial charge in [-0.25, -0.2) is 0 Å². The van der Waals surface area contributed by atoms with Crippen LogP contribution in [-0.4, -0.2) is 24.7 Å². The highest BCUT2D eigenvalue weighted by Crippen LogP contribution is 2.37. The molecule has 4 nitrogen and oxygen atoms in total. The van der Waals surface area contributed by atoms with Gasteiger partial charge in [0.2, 0.25) is 0 Å². The lowest BCUT2D eigenvalue weighted by atomic mass is 10.1. The Morgan fingerprint density at radius 3 is 2.55 bits per heavy atom. The molecule has 1 N–H and O–H groups in total. The van der Waals surface area contributed by atoms with Crippen molar-refractivity contribution in [2.45, 2.75) is 13.1 Å². The maximum atomic E-state index is 13.0. The van der Waals surface area contributed by atoms with Crippen LogP contribution in [0.3, 0.4) is 0 Å². The van der Waals surface area contributed by atoms with Gasteiger partial charge in [0.05, 0.1) is 23.1 Å².